The lowest BCUT2D eigenvalue weighted by Gasteiger charge is -2.09. The second kappa shape index (κ2) is 5.97. The van der Waals surface area contributed by atoms with Gasteiger partial charge in [0, 0.05) is 5.56 Å². The minimum atomic E-state index is -4.22. The standard InChI is InChI=1S/C16H12FNO5S/c17-11-8-6-10(7-9-11)14-13(19)15(16(18)22-14)23-24(20,21)12-4-2-1-3-5-12/h1-9,14H,18H2. The number of nitrogens with two attached hydrogens (primary N) is 1. The molecule has 0 amide bonds. The van der Waals surface area contributed by atoms with Crippen molar-refractivity contribution in [3.63, 3.8) is 0 Å². The van der Waals surface area contributed by atoms with Gasteiger partial charge >= 0.3 is 10.1 Å². The highest BCUT2D eigenvalue weighted by molar-refractivity contribution is 7.86. The summed E-state index contributed by atoms with van der Waals surface area (Å²) in [6, 6.07) is 12.3. The Hall–Kier alpha value is -2.87. The molecule has 0 aromatic heterocycles. The van der Waals surface area contributed by atoms with E-state index >= 15 is 0 Å². The Morgan fingerprint density at radius 3 is 2.29 bits per heavy atom. The van der Waals surface area contributed by atoms with Crippen LogP contribution in [0.25, 0.3) is 0 Å². The van der Waals surface area contributed by atoms with Crippen molar-refractivity contribution in [2.45, 2.75) is 11.0 Å². The molecule has 0 saturated heterocycles. The van der Waals surface area contributed by atoms with Crippen LogP contribution in [0.3, 0.4) is 0 Å². The van der Waals surface area contributed by atoms with Crippen molar-refractivity contribution in [3.8, 4) is 0 Å². The fourth-order valence-corrected chi connectivity index (χ4v) is 3.13. The zero-order valence-electron chi connectivity index (χ0n) is 12.2. The molecule has 1 aliphatic rings. The van der Waals surface area contributed by atoms with E-state index in [2.05, 4.69) is 0 Å². The van der Waals surface area contributed by atoms with Crippen molar-refractivity contribution in [2.75, 3.05) is 0 Å². The molecule has 1 heterocycles. The average molecular weight is 349 g/mol. The highest BCUT2D eigenvalue weighted by Gasteiger charge is 2.39. The minimum absolute atomic E-state index is 0.122. The van der Waals surface area contributed by atoms with E-state index in [0.29, 0.717) is 5.56 Å². The maximum atomic E-state index is 13.0. The molecular formula is C16H12FNO5S. The molecule has 0 saturated carbocycles. The number of halogens is 1. The summed E-state index contributed by atoms with van der Waals surface area (Å²) in [6.45, 7) is 0. The maximum absolute atomic E-state index is 13.0. The number of carbonyl (C=O) groups is 1. The predicted octanol–water partition coefficient (Wildman–Crippen LogP) is 2.00. The smallest absolute Gasteiger partial charge is 0.339 e. The van der Waals surface area contributed by atoms with E-state index in [0.717, 1.165) is 12.1 Å². The summed E-state index contributed by atoms with van der Waals surface area (Å²) in [4.78, 5) is 12.2. The van der Waals surface area contributed by atoms with Crippen LogP contribution in [-0.4, -0.2) is 14.2 Å². The molecule has 0 aliphatic carbocycles. The summed E-state index contributed by atoms with van der Waals surface area (Å²) in [7, 11) is -4.22. The van der Waals surface area contributed by atoms with Gasteiger partial charge in [0.2, 0.25) is 17.4 Å². The third kappa shape index (κ3) is 2.95. The van der Waals surface area contributed by atoms with Gasteiger partial charge in [-0.05, 0) is 24.3 Å². The molecule has 6 nitrogen and oxygen atoms in total. The number of Topliss-reactive ketones (excluding diaryl/α,β-unsaturated/α-hetero) is 1. The lowest BCUT2D eigenvalue weighted by atomic mass is 10.1. The molecule has 1 unspecified atom stereocenters. The number of ketones is 1. The molecule has 0 bridgehead atoms. The quantitative estimate of drug-likeness (QED) is 0.848. The van der Waals surface area contributed by atoms with Crippen molar-refractivity contribution in [1.82, 2.24) is 0 Å². The molecule has 0 fully saturated rings. The van der Waals surface area contributed by atoms with Crippen LogP contribution in [0.5, 0.6) is 0 Å². The zero-order chi connectivity index (χ0) is 17.3. The van der Waals surface area contributed by atoms with E-state index in [1.807, 2.05) is 0 Å². The molecule has 1 atom stereocenters. The van der Waals surface area contributed by atoms with Gasteiger partial charge in [0.25, 0.3) is 0 Å². The van der Waals surface area contributed by atoms with Gasteiger partial charge in [-0.15, -0.1) is 0 Å². The van der Waals surface area contributed by atoms with Crippen molar-refractivity contribution in [3.05, 3.63) is 77.6 Å². The van der Waals surface area contributed by atoms with E-state index in [9.17, 15) is 17.6 Å². The lowest BCUT2D eigenvalue weighted by molar-refractivity contribution is -0.123. The van der Waals surface area contributed by atoms with Crippen LogP contribution >= 0.6 is 0 Å². The monoisotopic (exact) mass is 349 g/mol. The molecule has 24 heavy (non-hydrogen) atoms. The molecule has 124 valence electrons. The molecule has 0 radical (unpaired) electrons. The molecule has 3 rings (SSSR count). The number of carbonyl (C=O) groups excluding carboxylic acids is 1. The highest BCUT2D eigenvalue weighted by Crippen LogP contribution is 2.33. The maximum Gasteiger partial charge on any atom is 0.339 e. The molecular weight excluding hydrogens is 337 g/mol. The zero-order valence-corrected chi connectivity index (χ0v) is 13.0. The molecule has 1 aliphatic heterocycles. The van der Waals surface area contributed by atoms with Gasteiger partial charge in [-0.2, -0.15) is 8.42 Å². The summed E-state index contributed by atoms with van der Waals surface area (Å²) in [5.74, 6) is -2.26. The Morgan fingerprint density at radius 2 is 1.67 bits per heavy atom. The van der Waals surface area contributed by atoms with Gasteiger partial charge < -0.3 is 14.7 Å². The summed E-state index contributed by atoms with van der Waals surface area (Å²) in [5.41, 5.74) is 5.92. The molecule has 2 N–H and O–H groups in total. The molecule has 2 aromatic rings. The first kappa shape index (κ1) is 16.0. The summed E-state index contributed by atoms with van der Waals surface area (Å²) >= 11 is 0. The van der Waals surface area contributed by atoms with Gasteiger partial charge in [-0.25, -0.2) is 4.39 Å². The van der Waals surface area contributed by atoms with Gasteiger partial charge in [-0.1, -0.05) is 30.3 Å². The van der Waals surface area contributed by atoms with Gasteiger partial charge in [-0.3, -0.25) is 4.79 Å². The number of hydrogen-bond donors (Lipinski definition) is 1. The number of benzene rings is 2. The Bertz CT molecular complexity index is 907. The van der Waals surface area contributed by atoms with Crippen molar-refractivity contribution < 1.29 is 26.5 Å². The Kier molecular flexibility index (Phi) is 3.98. The first-order chi connectivity index (χ1) is 11.4. The second-order valence-corrected chi connectivity index (χ2v) is 6.50. The van der Waals surface area contributed by atoms with Crippen LogP contribution in [0.2, 0.25) is 0 Å². The molecule has 8 heteroatoms. The van der Waals surface area contributed by atoms with Crippen LogP contribution < -0.4 is 5.73 Å². The third-order valence-electron chi connectivity index (χ3n) is 3.33. The van der Waals surface area contributed by atoms with Crippen molar-refractivity contribution >= 4 is 15.9 Å². The van der Waals surface area contributed by atoms with Crippen LogP contribution in [0, 0.1) is 5.82 Å². The highest BCUT2D eigenvalue weighted by atomic mass is 32.2. The number of rotatable bonds is 4. The normalized spacial score (nSPS) is 17.7. The van der Waals surface area contributed by atoms with Gasteiger partial charge in [0.1, 0.15) is 10.7 Å². The van der Waals surface area contributed by atoms with Crippen LogP contribution in [0.1, 0.15) is 11.7 Å². The van der Waals surface area contributed by atoms with Crippen molar-refractivity contribution in [1.29, 1.82) is 0 Å². The Balaban J connectivity index is 1.86. The van der Waals surface area contributed by atoms with Gasteiger partial charge in [0.05, 0.1) is 0 Å². The first-order valence-corrected chi connectivity index (χ1v) is 8.25. The summed E-state index contributed by atoms with van der Waals surface area (Å²) in [5, 5.41) is 0. The Labute approximate surface area is 137 Å². The fraction of sp³-hybridized carbons (Fsp3) is 0.0625. The topological polar surface area (TPSA) is 95.7 Å². The predicted molar refractivity (Wildman–Crippen MR) is 81.2 cm³/mol. The van der Waals surface area contributed by atoms with E-state index in [1.54, 1.807) is 6.07 Å². The SMILES string of the molecule is NC1=C(OS(=O)(=O)c2ccccc2)C(=O)C(c2ccc(F)cc2)O1. The molecule has 2 aromatic carbocycles. The first-order valence-electron chi connectivity index (χ1n) is 6.84. The lowest BCUT2D eigenvalue weighted by Crippen LogP contribution is -2.15. The van der Waals surface area contributed by atoms with E-state index in [1.165, 1.54) is 36.4 Å². The van der Waals surface area contributed by atoms with Crippen LogP contribution in [-0.2, 0) is 23.8 Å². The Morgan fingerprint density at radius 1 is 1.04 bits per heavy atom. The number of ether oxygens (including phenoxy) is 1. The largest absolute Gasteiger partial charge is 0.460 e. The minimum Gasteiger partial charge on any atom is -0.460 e. The van der Waals surface area contributed by atoms with E-state index in [4.69, 9.17) is 14.7 Å². The average Bonchev–Trinajstić information content (AvgIpc) is 2.84. The van der Waals surface area contributed by atoms with E-state index in [-0.39, 0.29) is 4.90 Å². The van der Waals surface area contributed by atoms with Crippen LogP contribution in [0.15, 0.2) is 71.1 Å². The van der Waals surface area contributed by atoms with Crippen LogP contribution in [0.4, 0.5) is 4.39 Å². The molecule has 0 spiro atoms. The van der Waals surface area contributed by atoms with Crippen molar-refractivity contribution in [2.24, 2.45) is 5.73 Å². The summed E-state index contributed by atoms with van der Waals surface area (Å²) in [6.07, 6.45) is -1.17. The van der Waals surface area contributed by atoms with E-state index < -0.39 is 39.5 Å². The van der Waals surface area contributed by atoms with Gasteiger partial charge in [0.15, 0.2) is 6.10 Å². The third-order valence-corrected chi connectivity index (χ3v) is 4.56. The fourth-order valence-electron chi connectivity index (χ4n) is 2.16. The number of hydrogen-bond acceptors (Lipinski definition) is 6. The second-order valence-electron chi connectivity index (χ2n) is 4.96. The summed E-state index contributed by atoms with van der Waals surface area (Å²) < 4.78 is 47.4.